The van der Waals surface area contributed by atoms with Crippen LogP contribution in [-0.4, -0.2) is 19.1 Å². The molecule has 0 aliphatic heterocycles. The lowest BCUT2D eigenvalue weighted by Gasteiger charge is -2.04. The molecule has 8 nitrogen and oxygen atoms in total. The molecule has 3 rings (SSSR count). The Morgan fingerprint density at radius 3 is 2.81 bits per heavy atom. The first kappa shape index (κ1) is 12.9. The van der Waals surface area contributed by atoms with E-state index >= 15 is 0 Å². The van der Waals surface area contributed by atoms with Gasteiger partial charge in [0.05, 0.1) is 11.5 Å². The van der Waals surface area contributed by atoms with E-state index in [0.717, 1.165) is 0 Å². The molecule has 106 valence electrons. The normalized spacial score (nSPS) is 10.9. The molecule has 0 aliphatic carbocycles. The number of non-ortho nitro benzene ring substituents is 1. The van der Waals surface area contributed by atoms with Gasteiger partial charge in [0, 0.05) is 29.6 Å². The molecule has 2 N–H and O–H groups in total. The van der Waals surface area contributed by atoms with Gasteiger partial charge in [-0.25, -0.2) is 9.48 Å². The largest absolute Gasteiger partial charge is 0.398 e. The summed E-state index contributed by atoms with van der Waals surface area (Å²) in [5.41, 5.74) is 6.78. The maximum absolute atomic E-state index is 12.2. The van der Waals surface area contributed by atoms with Crippen LogP contribution in [0, 0.1) is 10.1 Å². The monoisotopic (exact) mass is 285 g/mol. The average Bonchev–Trinajstić information content (AvgIpc) is 2.78. The lowest BCUT2D eigenvalue weighted by atomic mass is 10.1. The van der Waals surface area contributed by atoms with Crippen LogP contribution in [0.15, 0.2) is 47.4 Å². The summed E-state index contributed by atoms with van der Waals surface area (Å²) in [6.07, 6.45) is 1.61. The number of aromatic nitrogens is 3. The molecule has 1 aromatic carbocycles. The molecule has 8 heteroatoms. The van der Waals surface area contributed by atoms with Crippen LogP contribution in [0.2, 0.25) is 0 Å². The van der Waals surface area contributed by atoms with Crippen molar-refractivity contribution >= 4 is 17.0 Å². The van der Waals surface area contributed by atoms with Gasteiger partial charge in [-0.1, -0.05) is 6.07 Å². The van der Waals surface area contributed by atoms with E-state index in [2.05, 4.69) is 5.10 Å². The van der Waals surface area contributed by atoms with Crippen LogP contribution >= 0.6 is 0 Å². The lowest BCUT2D eigenvalue weighted by molar-refractivity contribution is -0.384. The average molecular weight is 285 g/mol. The van der Waals surface area contributed by atoms with E-state index in [1.165, 1.54) is 27.3 Å². The van der Waals surface area contributed by atoms with Crippen LogP contribution in [0.4, 0.5) is 11.4 Å². The Balaban J connectivity index is 2.06. The van der Waals surface area contributed by atoms with Gasteiger partial charge in [0.1, 0.15) is 0 Å². The van der Waals surface area contributed by atoms with Gasteiger partial charge in [-0.05, 0) is 18.2 Å². The van der Waals surface area contributed by atoms with Crippen LogP contribution in [-0.2, 0) is 6.54 Å². The molecule has 2 heterocycles. The predicted octanol–water partition coefficient (Wildman–Crippen LogP) is 1.03. The van der Waals surface area contributed by atoms with E-state index in [0.29, 0.717) is 16.9 Å². The summed E-state index contributed by atoms with van der Waals surface area (Å²) in [6.45, 7) is 0.0774. The fraction of sp³-hybridized carbons (Fsp3) is 0.0769. The second kappa shape index (κ2) is 4.75. The standard InChI is InChI=1S/C13H11N5O3/c14-11-5-4-10(18(20)21)7-9(11)8-17-13(19)16-6-2-1-3-12(16)15-17/h1-7H,8,14H2. The highest BCUT2D eigenvalue weighted by Gasteiger charge is 2.12. The molecule has 0 atom stereocenters. The van der Waals surface area contributed by atoms with Gasteiger partial charge in [-0.2, -0.15) is 0 Å². The molecule has 0 aliphatic rings. The fourth-order valence-electron chi connectivity index (χ4n) is 2.08. The van der Waals surface area contributed by atoms with Gasteiger partial charge in [0.15, 0.2) is 5.65 Å². The van der Waals surface area contributed by atoms with Gasteiger partial charge in [-0.15, -0.1) is 5.10 Å². The zero-order valence-corrected chi connectivity index (χ0v) is 10.8. The van der Waals surface area contributed by atoms with E-state index in [1.807, 2.05) is 0 Å². The Bertz CT molecular complexity index is 896. The Kier molecular flexibility index (Phi) is 2.90. The van der Waals surface area contributed by atoms with E-state index in [9.17, 15) is 14.9 Å². The molecule has 0 fully saturated rings. The molecular weight excluding hydrogens is 274 g/mol. The number of nitrogens with two attached hydrogens (primary N) is 1. The van der Waals surface area contributed by atoms with Crippen molar-refractivity contribution in [2.75, 3.05) is 5.73 Å². The number of nitrogens with zero attached hydrogens (tertiary/aromatic N) is 4. The van der Waals surface area contributed by atoms with E-state index in [1.54, 1.807) is 24.4 Å². The van der Waals surface area contributed by atoms with E-state index in [4.69, 9.17) is 5.73 Å². The summed E-state index contributed by atoms with van der Waals surface area (Å²) in [7, 11) is 0. The second-order valence-corrected chi connectivity index (χ2v) is 4.51. The topological polar surface area (TPSA) is 108 Å². The van der Waals surface area contributed by atoms with Crippen LogP contribution in [0.3, 0.4) is 0 Å². The summed E-state index contributed by atoms with van der Waals surface area (Å²) in [5, 5.41) is 15.0. The first-order valence-electron chi connectivity index (χ1n) is 6.13. The zero-order valence-electron chi connectivity index (χ0n) is 10.8. The summed E-state index contributed by atoms with van der Waals surface area (Å²) in [4.78, 5) is 22.4. The zero-order chi connectivity index (χ0) is 15.0. The minimum atomic E-state index is -0.505. The third-order valence-corrected chi connectivity index (χ3v) is 3.15. The Morgan fingerprint density at radius 2 is 2.10 bits per heavy atom. The molecule has 0 amide bonds. The third kappa shape index (κ3) is 2.22. The van der Waals surface area contributed by atoms with Gasteiger partial charge in [-0.3, -0.25) is 14.5 Å². The van der Waals surface area contributed by atoms with Crippen molar-refractivity contribution in [3.05, 3.63) is 68.8 Å². The van der Waals surface area contributed by atoms with Crippen molar-refractivity contribution < 1.29 is 4.92 Å². The molecule has 3 aromatic rings. The highest BCUT2D eigenvalue weighted by atomic mass is 16.6. The van der Waals surface area contributed by atoms with Gasteiger partial charge in [0.25, 0.3) is 5.69 Å². The van der Waals surface area contributed by atoms with Crippen molar-refractivity contribution in [2.45, 2.75) is 6.54 Å². The summed E-state index contributed by atoms with van der Waals surface area (Å²) < 4.78 is 2.62. The molecule has 0 saturated heterocycles. The molecule has 0 spiro atoms. The predicted molar refractivity (Wildman–Crippen MR) is 76.1 cm³/mol. The van der Waals surface area contributed by atoms with Crippen molar-refractivity contribution in [3.8, 4) is 0 Å². The first-order valence-corrected chi connectivity index (χ1v) is 6.13. The smallest absolute Gasteiger partial charge is 0.350 e. The minimum absolute atomic E-state index is 0.0731. The number of benzene rings is 1. The lowest BCUT2D eigenvalue weighted by Crippen LogP contribution is -2.22. The van der Waals surface area contributed by atoms with Crippen LogP contribution < -0.4 is 11.4 Å². The molecule has 0 unspecified atom stereocenters. The van der Waals surface area contributed by atoms with E-state index < -0.39 is 4.92 Å². The number of nitro groups is 1. The second-order valence-electron chi connectivity index (χ2n) is 4.51. The van der Waals surface area contributed by atoms with Gasteiger partial charge >= 0.3 is 5.69 Å². The number of fused-ring (bicyclic) bond motifs is 1. The van der Waals surface area contributed by atoms with Crippen molar-refractivity contribution in [1.82, 2.24) is 14.2 Å². The third-order valence-electron chi connectivity index (χ3n) is 3.15. The number of rotatable bonds is 3. The Hall–Kier alpha value is -3.16. The Labute approximate surface area is 118 Å². The molecule has 21 heavy (non-hydrogen) atoms. The number of nitro benzene ring substituents is 1. The highest BCUT2D eigenvalue weighted by Crippen LogP contribution is 2.20. The molecular formula is C13H11N5O3. The summed E-state index contributed by atoms with van der Waals surface area (Å²) in [5.74, 6) is 0. The SMILES string of the molecule is Nc1ccc([N+](=O)[O-])cc1Cn1nc2ccccn2c1=O. The minimum Gasteiger partial charge on any atom is -0.398 e. The van der Waals surface area contributed by atoms with Crippen molar-refractivity contribution in [3.63, 3.8) is 0 Å². The summed E-state index contributed by atoms with van der Waals surface area (Å²) in [6, 6.07) is 9.33. The molecule has 0 radical (unpaired) electrons. The number of nitrogen functional groups attached to an aromatic ring is 1. The maximum atomic E-state index is 12.2. The van der Waals surface area contributed by atoms with E-state index in [-0.39, 0.29) is 17.9 Å². The number of hydrogen-bond donors (Lipinski definition) is 1. The van der Waals surface area contributed by atoms with Crippen LogP contribution in [0.5, 0.6) is 0 Å². The van der Waals surface area contributed by atoms with Crippen molar-refractivity contribution in [2.24, 2.45) is 0 Å². The maximum Gasteiger partial charge on any atom is 0.350 e. The van der Waals surface area contributed by atoms with Crippen LogP contribution in [0.25, 0.3) is 5.65 Å². The molecule has 0 saturated carbocycles. The summed E-state index contributed by atoms with van der Waals surface area (Å²) >= 11 is 0. The number of anilines is 1. The van der Waals surface area contributed by atoms with Gasteiger partial charge < -0.3 is 5.73 Å². The van der Waals surface area contributed by atoms with Gasteiger partial charge in [0.2, 0.25) is 0 Å². The highest BCUT2D eigenvalue weighted by molar-refractivity contribution is 5.52. The molecule has 2 aromatic heterocycles. The number of pyridine rings is 1. The fourth-order valence-corrected chi connectivity index (χ4v) is 2.08. The number of hydrogen-bond acceptors (Lipinski definition) is 5. The van der Waals surface area contributed by atoms with Crippen molar-refractivity contribution in [1.29, 1.82) is 0 Å². The first-order chi connectivity index (χ1) is 10.1. The van der Waals surface area contributed by atoms with Crippen LogP contribution in [0.1, 0.15) is 5.56 Å². The molecule has 0 bridgehead atoms. The Morgan fingerprint density at radius 1 is 1.29 bits per heavy atom. The quantitative estimate of drug-likeness (QED) is 0.439.